The Kier molecular flexibility index (Phi) is 2.24. The SMILES string of the molecule is N=C(N)c1csc(-c2ccncc2)n1. The second-order valence-corrected chi connectivity index (χ2v) is 3.55. The summed E-state index contributed by atoms with van der Waals surface area (Å²) in [7, 11) is 0. The number of hydrogen-bond donors (Lipinski definition) is 2. The average Bonchev–Trinajstić information content (AvgIpc) is 2.68. The molecule has 0 aliphatic heterocycles. The summed E-state index contributed by atoms with van der Waals surface area (Å²) in [6.07, 6.45) is 3.42. The van der Waals surface area contributed by atoms with Crippen LogP contribution in [-0.4, -0.2) is 15.8 Å². The van der Waals surface area contributed by atoms with Crippen LogP contribution < -0.4 is 5.73 Å². The molecule has 0 spiro atoms. The Morgan fingerprint density at radius 3 is 2.64 bits per heavy atom. The number of nitrogens with zero attached hydrogens (tertiary/aromatic N) is 2. The van der Waals surface area contributed by atoms with Crippen molar-refractivity contribution in [3.8, 4) is 10.6 Å². The van der Waals surface area contributed by atoms with E-state index in [1.165, 1.54) is 11.3 Å². The summed E-state index contributed by atoms with van der Waals surface area (Å²) >= 11 is 1.47. The van der Waals surface area contributed by atoms with Gasteiger partial charge in [-0.1, -0.05) is 0 Å². The molecule has 0 bridgehead atoms. The van der Waals surface area contributed by atoms with E-state index in [0.717, 1.165) is 10.6 Å². The van der Waals surface area contributed by atoms with E-state index in [1.807, 2.05) is 12.1 Å². The van der Waals surface area contributed by atoms with Crippen molar-refractivity contribution in [3.05, 3.63) is 35.6 Å². The van der Waals surface area contributed by atoms with Gasteiger partial charge in [0.15, 0.2) is 0 Å². The van der Waals surface area contributed by atoms with E-state index in [0.29, 0.717) is 5.69 Å². The van der Waals surface area contributed by atoms with Gasteiger partial charge in [0.05, 0.1) is 0 Å². The third-order valence-corrected chi connectivity index (χ3v) is 2.60. The highest BCUT2D eigenvalue weighted by atomic mass is 32.1. The van der Waals surface area contributed by atoms with Gasteiger partial charge < -0.3 is 5.73 Å². The molecular formula is C9H8N4S. The highest BCUT2D eigenvalue weighted by Gasteiger charge is 2.05. The fourth-order valence-corrected chi connectivity index (χ4v) is 1.85. The molecule has 0 aliphatic carbocycles. The van der Waals surface area contributed by atoms with Gasteiger partial charge in [-0.05, 0) is 12.1 Å². The molecule has 2 rings (SSSR count). The van der Waals surface area contributed by atoms with E-state index in [9.17, 15) is 0 Å². The summed E-state index contributed by atoms with van der Waals surface area (Å²) in [6, 6.07) is 3.76. The van der Waals surface area contributed by atoms with Crippen LogP contribution in [0.25, 0.3) is 10.6 Å². The zero-order chi connectivity index (χ0) is 9.97. The molecule has 3 N–H and O–H groups in total. The van der Waals surface area contributed by atoms with Crippen molar-refractivity contribution in [2.75, 3.05) is 0 Å². The molecule has 0 radical (unpaired) electrons. The minimum absolute atomic E-state index is 0.00144. The Hall–Kier alpha value is -1.75. The minimum atomic E-state index is 0.00144. The lowest BCUT2D eigenvalue weighted by Gasteiger charge is -1.93. The predicted octanol–water partition coefficient (Wildman–Crippen LogP) is 1.49. The largest absolute Gasteiger partial charge is 0.382 e. The summed E-state index contributed by atoms with van der Waals surface area (Å²) in [4.78, 5) is 8.14. The molecule has 0 aromatic carbocycles. The van der Waals surface area contributed by atoms with Crippen LogP contribution in [0.4, 0.5) is 0 Å². The lowest BCUT2D eigenvalue weighted by molar-refractivity contribution is 1.29. The summed E-state index contributed by atoms with van der Waals surface area (Å²) in [6.45, 7) is 0. The molecule has 5 heteroatoms. The number of nitrogens with two attached hydrogens (primary N) is 1. The molecule has 2 aromatic heterocycles. The van der Waals surface area contributed by atoms with E-state index in [1.54, 1.807) is 17.8 Å². The van der Waals surface area contributed by atoms with Crippen LogP contribution >= 0.6 is 11.3 Å². The lowest BCUT2D eigenvalue weighted by Crippen LogP contribution is -2.11. The number of amidine groups is 1. The van der Waals surface area contributed by atoms with Gasteiger partial charge in [0.25, 0.3) is 0 Å². The van der Waals surface area contributed by atoms with Gasteiger partial charge in [0, 0.05) is 23.3 Å². The first-order valence-electron chi connectivity index (χ1n) is 3.97. The van der Waals surface area contributed by atoms with Gasteiger partial charge in [0.1, 0.15) is 16.5 Å². The van der Waals surface area contributed by atoms with Crippen molar-refractivity contribution in [1.82, 2.24) is 9.97 Å². The van der Waals surface area contributed by atoms with Crippen LogP contribution in [0.15, 0.2) is 29.9 Å². The van der Waals surface area contributed by atoms with Crippen LogP contribution in [0, 0.1) is 5.41 Å². The van der Waals surface area contributed by atoms with Gasteiger partial charge in [-0.3, -0.25) is 10.4 Å². The Morgan fingerprint density at radius 2 is 2.07 bits per heavy atom. The minimum Gasteiger partial charge on any atom is -0.382 e. The summed E-state index contributed by atoms with van der Waals surface area (Å²) < 4.78 is 0. The third-order valence-electron chi connectivity index (χ3n) is 1.71. The highest BCUT2D eigenvalue weighted by Crippen LogP contribution is 2.22. The standard InChI is InChI=1S/C9H8N4S/c10-8(11)7-5-14-9(13-7)6-1-3-12-4-2-6/h1-5H,(H3,10,11). The van der Waals surface area contributed by atoms with Crippen LogP contribution in [0.2, 0.25) is 0 Å². The van der Waals surface area contributed by atoms with E-state index < -0.39 is 0 Å². The van der Waals surface area contributed by atoms with Crippen molar-refractivity contribution in [1.29, 1.82) is 5.41 Å². The van der Waals surface area contributed by atoms with Crippen molar-refractivity contribution < 1.29 is 0 Å². The zero-order valence-corrected chi connectivity index (χ0v) is 8.08. The van der Waals surface area contributed by atoms with Crippen LogP contribution in [-0.2, 0) is 0 Å². The zero-order valence-electron chi connectivity index (χ0n) is 7.27. The fraction of sp³-hybridized carbons (Fsp3) is 0. The summed E-state index contributed by atoms with van der Waals surface area (Å²) in [5.74, 6) is 0.00144. The predicted molar refractivity (Wildman–Crippen MR) is 56.4 cm³/mol. The molecule has 0 saturated carbocycles. The van der Waals surface area contributed by atoms with Crippen LogP contribution in [0.1, 0.15) is 5.69 Å². The Balaban J connectivity index is 2.39. The van der Waals surface area contributed by atoms with Gasteiger partial charge >= 0.3 is 0 Å². The van der Waals surface area contributed by atoms with Crippen molar-refractivity contribution in [3.63, 3.8) is 0 Å². The quantitative estimate of drug-likeness (QED) is 0.574. The molecule has 4 nitrogen and oxygen atoms in total. The molecule has 0 aliphatic rings. The van der Waals surface area contributed by atoms with Crippen molar-refractivity contribution in [2.24, 2.45) is 5.73 Å². The molecule has 0 amide bonds. The maximum absolute atomic E-state index is 7.22. The van der Waals surface area contributed by atoms with E-state index >= 15 is 0 Å². The molecule has 2 heterocycles. The first-order valence-corrected chi connectivity index (χ1v) is 4.85. The number of rotatable bonds is 2. The van der Waals surface area contributed by atoms with E-state index in [2.05, 4.69) is 9.97 Å². The fourth-order valence-electron chi connectivity index (χ4n) is 1.02. The number of thiazole rings is 1. The molecular weight excluding hydrogens is 196 g/mol. The molecule has 2 aromatic rings. The van der Waals surface area contributed by atoms with Gasteiger partial charge in [-0.25, -0.2) is 4.98 Å². The van der Waals surface area contributed by atoms with Crippen molar-refractivity contribution in [2.45, 2.75) is 0 Å². The van der Waals surface area contributed by atoms with Gasteiger partial charge in [-0.2, -0.15) is 0 Å². The Morgan fingerprint density at radius 1 is 1.36 bits per heavy atom. The number of nitrogen functional groups attached to an aromatic ring is 1. The smallest absolute Gasteiger partial charge is 0.142 e. The number of nitrogens with one attached hydrogen (secondary N) is 1. The number of pyridine rings is 1. The molecule has 0 unspecified atom stereocenters. The van der Waals surface area contributed by atoms with Crippen molar-refractivity contribution >= 4 is 17.2 Å². The van der Waals surface area contributed by atoms with E-state index in [-0.39, 0.29) is 5.84 Å². The second kappa shape index (κ2) is 3.55. The maximum Gasteiger partial charge on any atom is 0.142 e. The molecule has 0 atom stereocenters. The maximum atomic E-state index is 7.22. The molecule has 70 valence electrons. The number of aromatic nitrogens is 2. The third kappa shape index (κ3) is 1.62. The number of hydrogen-bond acceptors (Lipinski definition) is 4. The van der Waals surface area contributed by atoms with Crippen LogP contribution in [0.3, 0.4) is 0 Å². The first kappa shape index (κ1) is 8.83. The highest BCUT2D eigenvalue weighted by molar-refractivity contribution is 7.13. The van der Waals surface area contributed by atoms with Crippen LogP contribution in [0.5, 0.6) is 0 Å². The Bertz CT molecular complexity index is 449. The monoisotopic (exact) mass is 204 g/mol. The van der Waals surface area contributed by atoms with E-state index in [4.69, 9.17) is 11.1 Å². The lowest BCUT2D eigenvalue weighted by atomic mass is 10.3. The molecule has 14 heavy (non-hydrogen) atoms. The Labute approximate surface area is 85.0 Å². The van der Waals surface area contributed by atoms with Gasteiger partial charge in [0.2, 0.25) is 0 Å². The molecule has 0 saturated heterocycles. The van der Waals surface area contributed by atoms with Gasteiger partial charge in [-0.15, -0.1) is 11.3 Å². The molecule has 0 fully saturated rings. The first-order chi connectivity index (χ1) is 6.77. The summed E-state index contributed by atoms with van der Waals surface area (Å²) in [5, 5.41) is 9.86. The average molecular weight is 204 g/mol. The normalized spacial score (nSPS) is 10.0. The second-order valence-electron chi connectivity index (χ2n) is 2.69. The topological polar surface area (TPSA) is 75.7 Å². The summed E-state index contributed by atoms with van der Waals surface area (Å²) in [5.41, 5.74) is 6.85.